The highest BCUT2D eigenvalue weighted by atomic mass is 16.4. The van der Waals surface area contributed by atoms with Crippen LogP contribution in [0.4, 0.5) is 0 Å². The average molecular weight is 228 g/mol. The van der Waals surface area contributed by atoms with Crippen molar-refractivity contribution in [2.45, 2.75) is 6.04 Å². The van der Waals surface area contributed by atoms with Gasteiger partial charge in [-0.1, -0.05) is 30.3 Å². The van der Waals surface area contributed by atoms with Gasteiger partial charge in [-0.05, 0) is 22.8 Å². The Balaban J connectivity index is 2.28. The van der Waals surface area contributed by atoms with Crippen molar-refractivity contribution in [2.24, 2.45) is 5.73 Å². The van der Waals surface area contributed by atoms with Gasteiger partial charge in [0.2, 0.25) is 0 Å². The van der Waals surface area contributed by atoms with Crippen molar-refractivity contribution in [3.05, 3.63) is 54.4 Å². The first-order valence-electron chi connectivity index (χ1n) is 5.17. The zero-order chi connectivity index (χ0) is 12.3. The average Bonchev–Trinajstić information content (AvgIpc) is 2.39. The van der Waals surface area contributed by atoms with Crippen LogP contribution in [0.3, 0.4) is 0 Å². The highest BCUT2D eigenvalue weighted by Gasteiger charge is 2.13. The number of carbonyl (C=O) groups is 1. The van der Waals surface area contributed by atoms with Crippen LogP contribution in [0.15, 0.2) is 48.8 Å². The number of aliphatic carboxylic acids is 1. The smallest absolute Gasteiger partial charge is 0.325 e. The Kier molecular flexibility index (Phi) is 3.16. The largest absolute Gasteiger partial charge is 0.480 e. The van der Waals surface area contributed by atoms with Gasteiger partial charge in [0.15, 0.2) is 0 Å². The summed E-state index contributed by atoms with van der Waals surface area (Å²) in [6.07, 6.45) is 3.46. The van der Waals surface area contributed by atoms with Gasteiger partial charge in [-0.15, -0.1) is 0 Å². The van der Waals surface area contributed by atoms with Gasteiger partial charge in [0.25, 0.3) is 0 Å². The lowest BCUT2D eigenvalue weighted by Crippen LogP contribution is -2.20. The number of carboxylic acid groups (broad SMARTS) is 1. The van der Waals surface area contributed by atoms with Gasteiger partial charge in [0.05, 0.1) is 0 Å². The Morgan fingerprint density at radius 2 is 1.88 bits per heavy atom. The van der Waals surface area contributed by atoms with Crippen molar-refractivity contribution in [1.29, 1.82) is 0 Å². The molecule has 0 aliphatic carbocycles. The molecule has 0 bridgehead atoms. The number of carboxylic acids is 1. The Bertz CT molecular complexity index is 509. The van der Waals surface area contributed by atoms with E-state index in [9.17, 15) is 4.79 Å². The standard InChI is InChI=1S/C13H12N2O2/c14-12(13(16)17)10-5-3-9(4-6-10)11-2-1-7-15-8-11/h1-8,12H,14H2,(H,16,17). The molecule has 2 aromatic rings. The van der Waals surface area contributed by atoms with E-state index in [1.807, 2.05) is 24.3 Å². The molecular weight excluding hydrogens is 216 g/mol. The molecule has 1 atom stereocenters. The van der Waals surface area contributed by atoms with Crippen molar-refractivity contribution < 1.29 is 9.90 Å². The molecule has 17 heavy (non-hydrogen) atoms. The number of hydrogen-bond donors (Lipinski definition) is 2. The van der Waals surface area contributed by atoms with Crippen LogP contribution in [0.1, 0.15) is 11.6 Å². The lowest BCUT2D eigenvalue weighted by Gasteiger charge is -2.07. The van der Waals surface area contributed by atoms with Crippen molar-refractivity contribution in [3.63, 3.8) is 0 Å². The van der Waals surface area contributed by atoms with Crippen LogP contribution in [-0.2, 0) is 4.79 Å². The van der Waals surface area contributed by atoms with Crippen LogP contribution in [-0.4, -0.2) is 16.1 Å². The van der Waals surface area contributed by atoms with E-state index >= 15 is 0 Å². The maximum atomic E-state index is 10.7. The fourth-order valence-electron chi connectivity index (χ4n) is 1.56. The van der Waals surface area contributed by atoms with Gasteiger partial charge < -0.3 is 10.8 Å². The van der Waals surface area contributed by atoms with Gasteiger partial charge in [0.1, 0.15) is 6.04 Å². The maximum Gasteiger partial charge on any atom is 0.325 e. The first-order chi connectivity index (χ1) is 8.18. The molecule has 86 valence electrons. The summed E-state index contributed by atoms with van der Waals surface area (Å²) in [5.41, 5.74) is 8.08. The predicted molar refractivity (Wildman–Crippen MR) is 64.2 cm³/mol. The molecule has 0 saturated carbocycles. The second kappa shape index (κ2) is 4.76. The van der Waals surface area contributed by atoms with E-state index in [4.69, 9.17) is 10.8 Å². The molecule has 4 nitrogen and oxygen atoms in total. The highest BCUT2D eigenvalue weighted by molar-refractivity contribution is 5.75. The van der Waals surface area contributed by atoms with Crippen LogP contribution >= 0.6 is 0 Å². The first kappa shape index (κ1) is 11.3. The molecular formula is C13H12N2O2. The molecule has 0 radical (unpaired) electrons. The van der Waals surface area contributed by atoms with Crippen molar-refractivity contribution >= 4 is 5.97 Å². The topological polar surface area (TPSA) is 76.2 Å². The molecule has 0 saturated heterocycles. The molecule has 3 N–H and O–H groups in total. The summed E-state index contributed by atoms with van der Waals surface area (Å²) < 4.78 is 0. The van der Waals surface area contributed by atoms with Crippen LogP contribution in [0.5, 0.6) is 0 Å². The van der Waals surface area contributed by atoms with Gasteiger partial charge in [-0.25, -0.2) is 0 Å². The highest BCUT2D eigenvalue weighted by Crippen LogP contribution is 2.20. The summed E-state index contributed by atoms with van der Waals surface area (Å²) in [6.45, 7) is 0. The molecule has 1 aromatic carbocycles. The van der Waals surface area contributed by atoms with Gasteiger partial charge >= 0.3 is 5.97 Å². The van der Waals surface area contributed by atoms with Crippen LogP contribution in [0.25, 0.3) is 11.1 Å². The fourth-order valence-corrected chi connectivity index (χ4v) is 1.56. The second-order valence-electron chi connectivity index (χ2n) is 3.68. The summed E-state index contributed by atoms with van der Waals surface area (Å²) in [5, 5.41) is 8.79. The first-order valence-corrected chi connectivity index (χ1v) is 5.17. The monoisotopic (exact) mass is 228 g/mol. The number of aromatic nitrogens is 1. The Labute approximate surface area is 98.7 Å². The lowest BCUT2D eigenvalue weighted by molar-refractivity contribution is -0.138. The maximum absolute atomic E-state index is 10.7. The molecule has 0 aliphatic heterocycles. The molecule has 0 fully saturated rings. The number of nitrogens with two attached hydrogens (primary N) is 1. The van der Waals surface area contributed by atoms with Crippen molar-refractivity contribution in [2.75, 3.05) is 0 Å². The third-order valence-corrected chi connectivity index (χ3v) is 2.53. The predicted octanol–water partition coefficient (Wildman–Crippen LogP) is 1.83. The van der Waals surface area contributed by atoms with Crippen molar-refractivity contribution in [3.8, 4) is 11.1 Å². The normalized spacial score (nSPS) is 12.1. The van der Waals surface area contributed by atoms with E-state index in [1.165, 1.54) is 0 Å². The molecule has 2 rings (SSSR count). The quantitative estimate of drug-likeness (QED) is 0.840. The number of rotatable bonds is 3. The minimum atomic E-state index is -1.03. The number of pyridine rings is 1. The Hall–Kier alpha value is -2.20. The van der Waals surface area contributed by atoms with Gasteiger partial charge in [-0.3, -0.25) is 9.78 Å². The summed E-state index contributed by atoms with van der Waals surface area (Å²) >= 11 is 0. The third-order valence-electron chi connectivity index (χ3n) is 2.53. The molecule has 1 aromatic heterocycles. The third kappa shape index (κ3) is 2.49. The van der Waals surface area contributed by atoms with E-state index in [2.05, 4.69) is 4.98 Å². The van der Waals surface area contributed by atoms with Gasteiger partial charge in [0, 0.05) is 12.4 Å². The van der Waals surface area contributed by atoms with E-state index in [0.29, 0.717) is 5.56 Å². The van der Waals surface area contributed by atoms with Crippen LogP contribution < -0.4 is 5.73 Å². The second-order valence-corrected chi connectivity index (χ2v) is 3.68. The number of benzene rings is 1. The Morgan fingerprint density at radius 3 is 2.41 bits per heavy atom. The van der Waals surface area contributed by atoms with E-state index in [1.54, 1.807) is 24.5 Å². The summed E-state index contributed by atoms with van der Waals surface area (Å²) in [6, 6.07) is 9.95. The Morgan fingerprint density at radius 1 is 1.18 bits per heavy atom. The molecule has 4 heteroatoms. The van der Waals surface area contributed by atoms with E-state index in [-0.39, 0.29) is 0 Å². The fraction of sp³-hybridized carbons (Fsp3) is 0.0769. The molecule has 1 unspecified atom stereocenters. The van der Waals surface area contributed by atoms with Crippen LogP contribution in [0.2, 0.25) is 0 Å². The summed E-state index contributed by atoms with van der Waals surface area (Å²) in [5.74, 6) is -1.03. The minimum absolute atomic E-state index is 0.588. The molecule has 0 aliphatic rings. The van der Waals surface area contributed by atoms with Crippen molar-refractivity contribution in [1.82, 2.24) is 4.98 Å². The van der Waals surface area contributed by atoms with E-state index in [0.717, 1.165) is 11.1 Å². The lowest BCUT2D eigenvalue weighted by atomic mass is 10.0. The molecule has 0 amide bonds. The van der Waals surface area contributed by atoms with Crippen LogP contribution in [0, 0.1) is 0 Å². The summed E-state index contributed by atoms with van der Waals surface area (Å²) in [4.78, 5) is 14.7. The number of hydrogen-bond acceptors (Lipinski definition) is 3. The van der Waals surface area contributed by atoms with E-state index < -0.39 is 12.0 Å². The minimum Gasteiger partial charge on any atom is -0.480 e. The zero-order valence-corrected chi connectivity index (χ0v) is 9.08. The SMILES string of the molecule is NC(C(=O)O)c1ccc(-c2cccnc2)cc1. The molecule has 1 heterocycles. The summed E-state index contributed by atoms with van der Waals surface area (Å²) in [7, 11) is 0. The zero-order valence-electron chi connectivity index (χ0n) is 9.08. The van der Waals surface area contributed by atoms with Gasteiger partial charge in [-0.2, -0.15) is 0 Å². The molecule has 0 spiro atoms. The number of nitrogens with zero attached hydrogens (tertiary/aromatic N) is 1.